The van der Waals surface area contributed by atoms with Crippen LogP contribution in [0.3, 0.4) is 0 Å². The van der Waals surface area contributed by atoms with Crippen molar-refractivity contribution >= 4 is 16.7 Å². The van der Waals surface area contributed by atoms with Crippen molar-refractivity contribution < 1.29 is 4.79 Å². The van der Waals surface area contributed by atoms with Crippen molar-refractivity contribution in [3.8, 4) is 0 Å². The van der Waals surface area contributed by atoms with Gasteiger partial charge in [0.1, 0.15) is 0 Å². The first-order chi connectivity index (χ1) is 8.16. The van der Waals surface area contributed by atoms with Gasteiger partial charge in [0, 0.05) is 35.6 Å². The molecule has 1 aromatic heterocycles. The number of hydrogen-bond acceptors (Lipinski definition) is 1. The molecule has 3 rings (SSSR count). The second-order valence-electron chi connectivity index (χ2n) is 5.17. The molecular weight excluding hydrogens is 210 g/mol. The van der Waals surface area contributed by atoms with E-state index in [0.29, 0.717) is 5.78 Å². The number of aryl methyl sites for hydroxylation is 2. The first-order valence-electron chi connectivity index (χ1n) is 6.27. The van der Waals surface area contributed by atoms with Crippen molar-refractivity contribution in [1.82, 2.24) is 4.57 Å². The van der Waals surface area contributed by atoms with E-state index in [9.17, 15) is 4.79 Å². The molecule has 0 radical (unpaired) electrons. The van der Waals surface area contributed by atoms with Crippen LogP contribution in [0.1, 0.15) is 35.2 Å². The van der Waals surface area contributed by atoms with Gasteiger partial charge in [0.25, 0.3) is 0 Å². The highest BCUT2D eigenvalue weighted by atomic mass is 16.1. The quantitative estimate of drug-likeness (QED) is 0.720. The zero-order chi connectivity index (χ0) is 12.0. The molecular formula is C15H17NO. The van der Waals surface area contributed by atoms with Crippen LogP contribution in [0.15, 0.2) is 24.4 Å². The molecule has 0 atom stereocenters. The van der Waals surface area contributed by atoms with Gasteiger partial charge >= 0.3 is 0 Å². The van der Waals surface area contributed by atoms with Crippen LogP contribution in [0.25, 0.3) is 10.9 Å². The van der Waals surface area contributed by atoms with Gasteiger partial charge in [-0.05, 0) is 31.4 Å². The van der Waals surface area contributed by atoms with Crippen LogP contribution in [0.5, 0.6) is 0 Å². The maximum atomic E-state index is 12.3. The minimum Gasteiger partial charge on any atom is -0.350 e. The Kier molecular flexibility index (Phi) is 2.32. The van der Waals surface area contributed by atoms with Crippen LogP contribution >= 0.6 is 0 Å². The van der Waals surface area contributed by atoms with Gasteiger partial charge in [0.05, 0.1) is 0 Å². The lowest BCUT2D eigenvalue weighted by atomic mass is 9.80. The van der Waals surface area contributed by atoms with Crippen LogP contribution in [0.2, 0.25) is 0 Å². The third-order valence-corrected chi connectivity index (χ3v) is 3.89. The van der Waals surface area contributed by atoms with Gasteiger partial charge < -0.3 is 4.57 Å². The van der Waals surface area contributed by atoms with E-state index < -0.39 is 0 Å². The summed E-state index contributed by atoms with van der Waals surface area (Å²) in [7, 11) is 2.01. The number of aromatic nitrogens is 1. The van der Waals surface area contributed by atoms with Crippen LogP contribution in [-0.2, 0) is 7.05 Å². The van der Waals surface area contributed by atoms with Gasteiger partial charge in [-0.1, -0.05) is 18.6 Å². The van der Waals surface area contributed by atoms with Crippen molar-refractivity contribution in [2.75, 3.05) is 0 Å². The summed E-state index contributed by atoms with van der Waals surface area (Å²) in [6.07, 6.45) is 5.34. The minimum atomic E-state index is 0.280. The highest BCUT2D eigenvalue weighted by Crippen LogP contribution is 2.32. The van der Waals surface area contributed by atoms with Gasteiger partial charge in [0.15, 0.2) is 5.78 Å². The van der Waals surface area contributed by atoms with E-state index in [-0.39, 0.29) is 5.92 Å². The van der Waals surface area contributed by atoms with E-state index in [0.717, 1.165) is 29.3 Å². The number of ketones is 1. The molecule has 17 heavy (non-hydrogen) atoms. The summed E-state index contributed by atoms with van der Waals surface area (Å²) in [6, 6.07) is 6.31. The third kappa shape index (κ3) is 1.59. The molecule has 0 spiro atoms. The lowest BCUT2D eigenvalue weighted by molar-refractivity contribution is 0.0857. The van der Waals surface area contributed by atoms with E-state index in [1.807, 2.05) is 13.2 Å². The zero-order valence-corrected chi connectivity index (χ0v) is 10.4. The van der Waals surface area contributed by atoms with Crippen LogP contribution in [0, 0.1) is 12.8 Å². The van der Waals surface area contributed by atoms with Gasteiger partial charge in [-0.15, -0.1) is 0 Å². The maximum absolute atomic E-state index is 12.3. The minimum absolute atomic E-state index is 0.280. The summed E-state index contributed by atoms with van der Waals surface area (Å²) in [6.45, 7) is 2.08. The molecule has 0 amide bonds. The molecule has 0 unspecified atom stereocenters. The fraction of sp³-hybridized carbons (Fsp3) is 0.400. The molecule has 88 valence electrons. The summed E-state index contributed by atoms with van der Waals surface area (Å²) in [5.74, 6) is 0.618. The normalized spacial score (nSPS) is 16.1. The number of carbonyl (C=O) groups is 1. The summed E-state index contributed by atoms with van der Waals surface area (Å²) in [4.78, 5) is 12.3. The topological polar surface area (TPSA) is 22.0 Å². The van der Waals surface area contributed by atoms with E-state index in [1.165, 1.54) is 12.0 Å². The Labute approximate surface area is 101 Å². The SMILES string of the molecule is Cc1ccc2c(C(=O)C3CCC3)cn(C)c2c1. The Morgan fingerprint density at radius 1 is 1.35 bits per heavy atom. The Bertz CT molecular complexity index is 590. The molecule has 0 N–H and O–H groups in total. The number of fused-ring (bicyclic) bond motifs is 1. The standard InChI is InChI=1S/C15H17NO/c1-10-6-7-12-13(9-16(2)14(12)8-10)15(17)11-4-3-5-11/h6-9,11H,3-5H2,1-2H3. The molecule has 0 bridgehead atoms. The van der Waals surface area contributed by atoms with Crippen LogP contribution in [0.4, 0.5) is 0 Å². The Balaban J connectivity index is 2.13. The highest BCUT2D eigenvalue weighted by Gasteiger charge is 2.28. The molecule has 1 aliphatic carbocycles. The summed E-state index contributed by atoms with van der Waals surface area (Å²) < 4.78 is 2.06. The fourth-order valence-corrected chi connectivity index (χ4v) is 2.58. The number of rotatable bonds is 2. The number of carbonyl (C=O) groups excluding carboxylic acids is 1. The number of hydrogen-bond donors (Lipinski definition) is 0. The molecule has 1 aliphatic rings. The Morgan fingerprint density at radius 2 is 2.12 bits per heavy atom. The van der Waals surface area contributed by atoms with Crippen molar-refractivity contribution in [1.29, 1.82) is 0 Å². The van der Waals surface area contributed by atoms with Gasteiger partial charge in [-0.25, -0.2) is 0 Å². The predicted octanol–water partition coefficient (Wildman–Crippen LogP) is 3.47. The summed E-state index contributed by atoms with van der Waals surface area (Å²) in [5, 5.41) is 1.11. The first kappa shape index (κ1) is 10.6. The third-order valence-electron chi connectivity index (χ3n) is 3.89. The second kappa shape index (κ2) is 3.73. The highest BCUT2D eigenvalue weighted by molar-refractivity contribution is 6.09. The summed E-state index contributed by atoms with van der Waals surface area (Å²) >= 11 is 0. The van der Waals surface area contributed by atoms with Crippen molar-refractivity contribution in [3.63, 3.8) is 0 Å². The van der Waals surface area contributed by atoms with E-state index in [2.05, 4.69) is 29.7 Å². The molecule has 0 aliphatic heterocycles. The first-order valence-corrected chi connectivity index (χ1v) is 6.27. The van der Waals surface area contributed by atoms with Crippen LogP contribution < -0.4 is 0 Å². The molecule has 2 nitrogen and oxygen atoms in total. The van der Waals surface area contributed by atoms with Gasteiger partial charge in [-0.2, -0.15) is 0 Å². The average Bonchev–Trinajstić information content (AvgIpc) is 2.53. The predicted molar refractivity (Wildman–Crippen MR) is 69.3 cm³/mol. The summed E-state index contributed by atoms with van der Waals surface area (Å²) in [5.41, 5.74) is 3.31. The molecule has 1 saturated carbocycles. The molecule has 1 fully saturated rings. The monoisotopic (exact) mass is 227 g/mol. The maximum Gasteiger partial charge on any atom is 0.168 e. The van der Waals surface area contributed by atoms with E-state index in [1.54, 1.807) is 0 Å². The van der Waals surface area contributed by atoms with Gasteiger partial charge in [0.2, 0.25) is 0 Å². The largest absolute Gasteiger partial charge is 0.350 e. The Morgan fingerprint density at radius 3 is 2.76 bits per heavy atom. The smallest absolute Gasteiger partial charge is 0.168 e. The van der Waals surface area contributed by atoms with E-state index >= 15 is 0 Å². The fourth-order valence-electron chi connectivity index (χ4n) is 2.58. The Hall–Kier alpha value is -1.57. The van der Waals surface area contributed by atoms with Crippen LogP contribution in [-0.4, -0.2) is 10.4 Å². The van der Waals surface area contributed by atoms with E-state index in [4.69, 9.17) is 0 Å². The molecule has 2 aromatic rings. The molecule has 0 saturated heterocycles. The second-order valence-corrected chi connectivity index (χ2v) is 5.17. The lowest BCUT2D eigenvalue weighted by Crippen LogP contribution is -2.21. The zero-order valence-electron chi connectivity index (χ0n) is 10.4. The number of Topliss-reactive ketones (excluding diaryl/α,β-unsaturated/α-hetero) is 1. The number of nitrogens with zero attached hydrogens (tertiary/aromatic N) is 1. The van der Waals surface area contributed by atoms with Crippen molar-refractivity contribution in [3.05, 3.63) is 35.5 Å². The lowest BCUT2D eigenvalue weighted by Gasteiger charge is -2.23. The molecule has 1 heterocycles. The molecule has 1 aromatic carbocycles. The molecule has 2 heteroatoms. The average molecular weight is 227 g/mol. The van der Waals surface area contributed by atoms with Crippen molar-refractivity contribution in [2.24, 2.45) is 13.0 Å². The number of benzene rings is 1. The van der Waals surface area contributed by atoms with Crippen molar-refractivity contribution in [2.45, 2.75) is 26.2 Å². The van der Waals surface area contributed by atoms with Gasteiger partial charge in [-0.3, -0.25) is 4.79 Å².